The third-order valence-corrected chi connectivity index (χ3v) is 4.04. The van der Waals surface area contributed by atoms with E-state index in [1.165, 1.54) is 0 Å². The van der Waals surface area contributed by atoms with Crippen LogP contribution in [-0.4, -0.2) is 41.2 Å². The Balaban J connectivity index is 1.68. The molecule has 0 radical (unpaired) electrons. The number of piperazine rings is 1. The van der Waals surface area contributed by atoms with E-state index >= 15 is 0 Å². The van der Waals surface area contributed by atoms with Gasteiger partial charge in [-0.25, -0.2) is 0 Å². The van der Waals surface area contributed by atoms with Crippen LogP contribution in [0.4, 0.5) is 0 Å². The Morgan fingerprint density at radius 2 is 2.19 bits per heavy atom. The van der Waals surface area contributed by atoms with Crippen molar-refractivity contribution in [3.05, 3.63) is 46.6 Å². The number of nitrogens with zero attached hydrogens (tertiary/aromatic N) is 3. The Morgan fingerprint density at radius 3 is 2.95 bits per heavy atom. The first-order chi connectivity index (χ1) is 10.2. The molecule has 112 valence electrons. The van der Waals surface area contributed by atoms with Crippen molar-refractivity contribution in [1.29, 1.82) is 0 Å². The van der Waals surface area contributed by atoms with Gasteiger partial charge in [-0.3, -0.25) is 4.90 Å². The second-order valence-electron chi connectivity index (χ2n) is 5.31. The maximum absolute atomic E-state index is 5.99. The lowest BCUT2D eigenvalue weighted by atomic mass is 10.1. The first kappa shape index (κ1) is 14.5. The Labute approximate surface area is 129 Å². The predicted molar refractivity (Wildman–Crippen MR) is 81.4 cm³/mol. The number of hydrogen-bond donors (Lipinski definition) is 1. The van der Waals surface area contributed by atoms with E-state index in [4.69, 9.17) is 16.1 Å². The molecule has 2 aromatic rings. The summed E-state index contributed by atoms with van der Waals surface area (Å²) >= 11 is 5.99. The Bertz CT molecular complexity index is 595. The molecule has 1 aliphatic heterocycles. The summed E-state index contributed by atoms with van der Waals surface area (Å²) in [6.45, 7) is 6.17. The topological polar surface area (TPSA) is 54.2 Å². The Morgan fingerprint density at radius 1 is 1.38 bits per heavy atom. The zero-order chi connectivity index (χ0) is 14.7. The summed E-state index contributed by atoms with van der Waals surface area (Å²) in [5.41, 5.74) is 1.08. The third kappa shape index (κ3) is 3.61. The molecule has 1 fully saturated rings. The molecule has 0 amide bonds. The molecule has 1 aliphatic rings. The molecule has 1 atom stereocenters. The minimum atomic E-state index is 0.184. The molecule has 0 spiro atoms. The van der Waals surface area contributed by atoms with Crippen molar-refractivity contribution >= 4 is 11.6 Å². The molecule has 1 N–H and O–H groups in total. The van der Waals surface area contributed by atoms with E-state index in [0.717, 1.165) is 42.6 Å². The van der Waals surface area contributed by atoms with Crippen LogP contribution >= 0.6 is 11.6 Å². The summed E-state index contributed by atoms with van der Waals surface area (Å²) in [6, 6.07) is 7.90. The van der Waals surface area contributed by atoms with Gasteiger partial charge in [-0.15, -0.1) is 0 Å². The maximum atomic E-state index is 5.99. The van der Waals surface area contributed by atoms with E-state index in [1.54, 1.807) is 0 Å². The van der Waals surface area contributed by atoms with Gasteiger partial charge in [0.2, 0.25) is 5.89 Å². The van der Waals surface area contributed by atoms with Crippen molar-refractivity contribution < 1.29 is 4.52 Å². The molecule has 1 aromatic carbocycles. The number of rotatable bonds is 4. The summed E-state index contributed by atoms with van der Waals surface area (Å²) in [5, 5.41) is 8.20. The average molecular weight is 307 g/mol. The Hall–Kier alpha value is -1.43. The van der Waals surface area contributed by atoms with Gasteiger partial charge >= 0.3 is 0 Å². The summed E-state index contributed by atoms with van der Waals surface area (Å²) in [4.78, 5) is 6.89. The number of hydrogen-bond acceptors (Lipinski definition) is 5. The summed E-state index contributed by atoms with van der Waals surface area (Å²) in [5.74, 6) is 1.39. The molecular formula is C15H19ClN4O. The van der Waals surface area contributed by atoms with Gasteiger partial charge in [-0.2, -0.15) is 4.98 Å². The molecule has 6 heteroatoms. The van der Waals surface area contributed by atoms with E-state index in [1.807, 2.05) is 24.3 Å². The second-order valence-corrected chi connectivity index (χ2v) is 5.75. The molecule has 1 saturated heterocycles. The zero-order valence-electron chi connectivity index (χ0n) is 12.1. The SMILES string of the molecule is CC(c1noc(Cc2cccc(Cl)c2)n1)N1CCNCC1. The summed E-state index contributed by atoms with van der Waals surface area (Å²) < 4.78 is 5.37. The monoisotopic (exact) mass is 306 g/mol. The van der Waals surface area contributed by atoms with Crippen LogP contribution in [0.3, 0.4) is 0 Å². The van der Waals surface area contributed by atoms with Crippen molar-refractivity contribution in [2.45, 2.75) is 19.4 Å². The molecule has 1 aromatic heterocycles. The Kier molecular flexibility index (Phi) is 4.53. The quantitative estimate of drug-likeness (QED) is 0.939. The lowest BCUT2D eigenvalue weighted by Crippen LogP contribution is -2.44. The van der Waals surface area contributed by atoms with Gasteiger partial charge in [0.05, 0.1) is 12.5 Å². The lowest BCUT2D eigenvalue weighted by molar-refractivity contribution is 0.176. The molecule has 1 unspecified atom stereocenters. The number of benzene rings is 1. The van der Waals surface area contributed by atoms with Crippen LogP contribution in [0.15, 0.2) is 28.8 Å². The maximum Gasteiger partial charge on any atom is 0.231 e. The first-order valence-corrected chi connectivity index (χ1v) is 7.62. The van der Waals surface area contributed by atoms with Crippen LogP contribution < -0.4 is 5.32 Å². The van der Waals surface area contributed by atoms with Crippen LogP contribution in [0.2, 0.25) is 5.02 Å². The highest BCUT2D eigenvalue weighted by Gasteiger charge is 2.22. The van der Waals surface area contributed by atoms with Gasteiger partial charge in [0, 0.05) is 31.2 Å². The highest BCUT2D eigenvalue weighted by atomic mass is 35.5. The smallest absolute Gasteiger partial charge is 0.231 e. The number of aromatic nitrogens is 2. The fraction of sp³-hybridized carbons (Fsp3) is 0.467. The minimum Gasteiger partial charge on any atom is -0.339 e. The van der Waals surface area contributed by atoms with Crippen molar-refractivity contribution in [3.8, 4) is 0 Å². The van der Waals surface area contributed by atoms with Crippen LogP contribution in [0.5, 0.6) is 0 Å². The van der Waals surface area contributed by atoms with Gasteiger partial charge in [-0.05, 0) is 24.6 Å². The van der Waals surface area contributed by atoms with Crippen LogP contribution in [-0.2, 0) is 6.42 Å². The van der Waals surface area contributed by atoms with Crippen molar-refractivity contribution in [3.63, 3.8) is 0 Å². The van der Waals surface area contributed by atoms with Gasteiger partial charge in [0.25, 0.3) is 0 Å². The van der Waals surface area contributed by atoms with Crippen LogP contribution in [0, 0.1) is 0 Å². The molecule has 2 heterocycles. The molecule has 21 heavy (non-hydrogen) atoms. The molecular weight excluding hydrogens is 288 g/mol. The highest BCUT2D eigenvalue weighted by Crippen LogP contribution is 2.19. The predicted octanol–water partition coefficient (Wildman–Crippen LogP) is 2.28. The third-order valence-electron chi connectivity index (χ3n) is 3.80. The number of nitrogens with one attached hydrogen (secondary N) is 1. The van der Waals surface area contributed by atoms with Crippen molar-refractivity contribution in [2.75, 3.05) is 26.2 Å². The van der Waals surface area contributed by atoms with E-state index in [9.17, 15) is 0 Å². The van der Waals surface area contributed by atoms with Crippen LogP contribution in [0.1, 0.15) is 30.2 Å². The molecule has 0 saturated carbocycles. The highest BCUT2D eigenvalue weighted by molar-refractivity contribution is 6.30. The van der Waals surface area contributed by atoms with E-state index in [-0.39, 0.29) is 6.04 Å². The molecule has 0 bridgehead atoms. The van der Waals surface area contributed by atoms with Gasteiger partial charge in [0.15, 0.2) is 5.82 Å². The van der Waals surface area contributed by atoms with E-state index in [2.05, 4.69) is 27.3 Å². The zero-order valence-corrected chi connectivity index (χ0v) is 12.8. The molecule has 3 rings (SSSR count). The number of halogens is 1. The normalized spacial score (nSPS) is 17.8. The van der Waals surface area contributed by atoms with Gasteiger partial charge in [-0.1, -0.05) is 28.9 Å². The fourth-order valence-corrected chi connectivity index (χ4v) is 2.78. The van der Waals surface area contributed by atoms with Crippen LogP contribution in [0.25, 0.3) is 0 Å². The summed E-state index contributed by atoms with van der Waals surface area (Å²) in [7, 11) is 0. The summed E-state index contributed by atoms with van der Waals surface area (Å²) in [6.07, 6.45) is 0.613. The van der Waals surface area contributed by atoms with Crippen molar-refractivity contribution in [1.82, 2.24) is 20.4 Å². The molecule has 5 nitrogen and oxygen atoms in total. The van der Waals surface area contributed by atoms with Crippen molar-refractivity contribution in [2.24, 2.45) is 0 Å². The minimum absolute atomic E-state index is 0.184. The largest absolute Gasteiger partial charge is 0.339 e. The molecule has 0 aliphatic carbocycles. The lowest BCUT2D eigenvalue weighted by Gasteiger charge is -2.30. The van der Waals surface area contributed by atoms with E-state index < -0.39 is 0 Å². The second kappa shape index (κ2) is 6.56. The average Bonchev–Trinajstić information content (AvgIpc) is 2.96. The van der Waals surface area contributed by atoms with E-state index in [0.29, 0.717) is 12.3 Å². The fourth-order valence-electron chi connectivity index (χ4n) is 2.56. The standard InChI is InChI=1S/C15H19ClN4O/c1-11(20-7-5-17-6-8-20)15-18-14(21-19-15)10-12-3-2-4-13(16)9-12/h2-4,9,11,17H,5-8,10H2,1H3. The first-order valence-electron chi connectivity index (χ1n) is 7.24. The van der Waals surface area contributed by atoms with Gasteiger partial charge in [0.1, 0.15) is 0 Å². The van der Waals surface area contributed by atoms with Gasteiger partial charge < -0.3 is 9.84 Å².